The van der Waals surface area contributed by atoms with Gasteiger partial charge in [-0.2, -0.15) is 0 Å². The molecule has 1 amide bonds. The number of carbonyl (C=O) groups is 1. The maximum atomic E-state index is 13.1. The molecule has 0 fully saturated rings. The first-order chi connectivity index (χ1) is 12.1. The van der Waals surface area contributed by atoms with Gasteiger partial charge in [-0.3, -0.25) is 4.79 Å². The van der Waals surface area contributed by atoms with Crippen molar-refractivity contribution in [2.75, 3.05) is 5.75 Å². The third kappa shape index (κ3) is 4.35. The highest BCUT2D eigenvalue weighted by molar-refractivity contribution is 8.00. The van der Waals surface area contributed by atoms with E-state index in [4.69, 9.17) is 0 Å². The number of aromatic nitrogens is 2. The van der Waals surface area contributed by atoms with Gasteiger partial charge in [0.15, 0.2) is 0 Å². The van der Waals surface area contributed by atoms with Crippen molar-refractivity contribution in [2.45, 2.75) is 31.3 Å². The van der Waals surface area contributed by atoms with E-state index in [0.29, 0.717) is 5.75 Å². The predicted octanol–water partition coefficient (Wildman–Crippen LogP) is 4.50. The van der Waals surface area contributed by atoms with Gasteiger partial charge in [0.2, 0.25) is 5.91 Å². The lowest BCUT2D eigenvalue weighted by molar-refractivity contribution is -0.119. The van der Waals surface area contributed by atoms with Crippen LogP contribution in [0.25, 0.3) is 20.7 Å². The van der Waals surface area contributed by atoms with Crippen LogP contribution in [-0.2, 0) is 4.79 Å². The molecule has 7 heteroatoms. The number of halogens is 1. The van der Waals surface area contributed by atoms with Crippen molar-refractivity contribution >= 4 is 39.2 Å². The molecule has 0 bridgehead atoms. The summed E-state index contributed by atoms with van der Waals surface area (Å²) in [5, 5.41) is 3.74. The Bertz CT molecular complexity index is 880. The van der Waals surface area contributed by atoms with E-state index < -0.39 is 0 Å². The van der Waals surface area contributed by atoms with E-state index in [1.807, 2.05) is 19.9 Å². The number of carbonyl (C=O) groups excluding carboxylic acids is 1. The summed E-state index contributed by atoms with van der Waals surface area (Å²) in [6.07, 6.45) is 2.42. The minimum atomic E-state index is -0.256. The Hall–Kier alpha value is -1.99. The van der Waals surface area contributed by atoms with E-state index in [-0.39, 0.29) is 17.8 Å². The Balaban J connectivity index is 1.80. The lowest BCUT2D eigenvalue weighted by Gasteiger charge is -2.10. The van der Waals surface area contributed by atoms with Crippen LogP contribution in [0, 0.1) is 5.82 Å². The molecule has 2 aromatic heterocycles. The number of nitrogens with zero attached hydrogens (tertiary/aromatic N) is 2. The van der Waals surface area contributed by atoms with Crippen molar-refractivity contribution in [3.8, 4) is 10.4 Å². The molecule has 3 aromatic rings. The van der Waals surface area contributed by atoms with Crippen molar-refractivity contribution < 1.29 is 9.18 Å². The topological polar surface area (TPSA) is 54.9 Å². The first kappa shape index (κ1) is 17.8. The monoisotopic (exact) mass is 375 g/mol. The van der Waals surface area contributed by atoms with Gasteiger partial charge in [0.1, 0.15) is 17.2 Å². The summed E-state index contributed by atoms with van der Waals surface area (Å²) in [5.74, 6) is 0.0647. The van der Waals surface area contributed by atoms with Gasteiger partial charge in [0.05, 0.1) is 16.0 Å². The largest absolute Gasteiger partial charge is 0.353 e. The third-order valence-electron chi connectivity index (χ3n) is 3.77. The molecule has 1 aromatic carbocycles. The second kappa shape index (κ2) is 7.93. The zero-order valence-electron chi connectivity index (χ0n) is 14.0. The SMILES string of the molecule is CC[C@@H](C)NC(=O)CSc1ncnc2cc(-c3ccc(F)cc3)sc12. The summed E-state index contributed by atoms with van der Waals surface area (Å²) in [7, 11) is 0. The zero-order valence-corrected chi connectivity index (χ0v) is 15.6. The molecule has 3 rings (SSSR count). The first-order valence-electron chi connectivity index (χ1n) is 7.99. The molecule has 0 spiro atoms. The van der Waals surface area contributed by atoms with Gasteiger partial charge < -0.3 is 5.32 Å². The summed E-state index contributed by atoms with van der Waals surface area (Å²) in [5.41, 5.74) is 1.78. The van der Waals surface area contributed by atoms with Crippen LogP contribution in [0.4, 0.5) is 4.39 Å². The van der Waals surface area contributed by atoms with Gasteiger partial charge in [-0.1, -0.05) is 30.8 Å². The number of amides is 1. The molecule has 0 radical (unpaired) electrons. The quantitative estimate of drug-likeness (QED) is 0.509. The molecule has 0 aliphatic rings. The fourth-order valence-corrected chi connectivity index (χ4v) is 4.26. The molecule has 2 heterocycles. The first-order valence-corrected chi connectivity index (χ1v) is 9.79. The van der Waals surface area contributed by atoms with Gasteiger partial charge in [-0.05, 0) is 37.1 Å². The maximum absolute atomic E-state index is 13.1. The van der Waals surface area contributed by atoms with Gasteiger partial charge in [0, 0.05) is 10.9 Å². The number of fused-ring (bicyclic) bond motifs is 1. The summed E-state index contributed by atoms with van der Waals surface area (Å²) in [6.45, 7) is 4.02. The third-order valence-corrected chi connectivity index (χ3v) is 6.07. The number of thioether (sulfide) groups is 1. The molecule has 0 aliphatic heterocycles. The minimum absolute atomic E-state index is 0.00132. The molecular formula is C18H18FN3OS2. The van der Waals surface area contributed by atoms with E-state index in [0.717, 1.165) is 32.1 Å². The van der Waals surface area contributed by atoms with Gasteiger partial charge in [0.25, 0.3) is 0 Å². The predicted molar refractivity (Wildman–Crippen MR) is 101 cm³/mol. The Morgan fingerprint density at radius 3 is 2.80 bits per heavy atom. The summed E-state index contributed by atoms with van der Waals surface area (Å²) >= 11 is 2.96. The molecule has 0 saturated carbocycles. The molecule has 1 atom stereocenters. The van der Waals surface area contributed by atoms with E-state index in [1.54, 1.807) is 23.5 Å². The smallest absolute Gasteiger partial charge is 0.230 e. The number of benzene rings is 1. The van der Waals surface area contributed by atoms with E-state index in [2.05, 4.69) is 15.3 Å². The number of nitrogens with one attached hydrogen (secondary N) is 1. The van der Waals surface area contributed by atoms with Crippen LogP contribution in [0.15, 0.2) is 41.7 Å². The van der Waals surface area contributed by atoms with Crippen LogP contribution in [0.2, 0.25) is 0 Å². The Labute approximate surface area is 153 Å². The average Bonchev–Trinajstić information content (AvgIpc) is 3.05. The van der Waals surface area contributed by atoms with E-state index >= 15 is 0 Å². The van der Waals surface area contributed by atoms with Crippen LogP contribution in [0.3, 0.4) is 0 Å². The average molecular weight is 375 g/mol. The second-order valence-electron chi connectivity index (χ2n) is 5.68. The molecule has 130 valence electrons. The number of rotatable bonds is 6. The lowest BCUT2D eigenvalue weighted by Crippen LogP contribution is -2.33. The fraction of sp³-hybridized carbons (Fsp3) is 0.278. The number of thiophene rings is 1. The lowest BCUT2D eigenvalue weighted by atomic mass is 10.2. The molecule has 4 nitrogen and oxygen atoms in total. The van der Waals surface area contributed by atoms with E-state index in [9.17, 15) is 9.18 Å². The van der Waals surface area contributed by atoms with Crippen molar-refractivity contribution in [2.24, 2.45) is 0 Å². The van der Waals surface area contributed by atoms with Crippen LogP contribution < -0.4 is 5.32 Å². The maximum Gasteiger partial charge on any atom is 0.230 e. The summed E-state index contributed by atoms with van der Waals surface area (Å²) < 4.78 is 14.1. The molecule has 1 N–H and O–H groups in total. The van der Waals surface area contributed by atoms with Crippen molar-refractivity contribution in [1.82, 2.24) is 15.3 Å². The van der Waals surface area contributed by atoms with Crippen LogP contribution in [0.5, 0.6) is 0 Å². The molecule has 0 saturated heterocycles. The highest BCUT2D eigenvalue weighted by Gasteiger charge is 2.13. The van der Waals surface area contributed by atoms with Gasteiger partial charge in [-0.25, -0.2) is 14.4 Å². The zero-order chi connectivity index (χ0) is 17.8. The Morgan fingerprint density at radius 1 is 1.32 bits per heavy atom. The van der Waals surface area contributed by atoms with Crippen LogP contribution in [0.1, 0.15) is 20.3 Å². The van der Waals surface area contributed by atoms with Crippen LogP contribution >= 0.6 is 23.1 Å². The summed E-state index contributed by atoms with van der Waals surface area (Å²) in [6, 6.07) is 8.53. The second-order valence-corrected chi connectivity index (χ2v) is 7.69. The van der Waals surface area contributed by atoms with Crippen molar-refractivity contribution in [3.05, 3.63) is 42.5 Å². The molecule has 25 heavy (non-hydrogen) atoms. The van der Waals surface area contributed by atoms with Crippen molar-refractivity contribution in [3.63, 3.8) is 0 Å². The number of hydrogen-bond acceptors (Lipinski definition) is 5. The van der Waals surface area contributed by atoms with Gasteiger partial charge in [-0.15, -0.1) is 11.3 Å². The van der Waals surface area contributed by atoms with Crippen molar-refractivity contribution in [1.29, 1.82) is 0 Å². The van der Waals surface area contributed by atoms with E-state index in [1.165, 1.54) is 30.2 Å². The van der Waals surface area contributed by atoms with Crippen LogP contribution in [-0.4, -0.2) is 27.7 Å². The Kier molecular flexibility index (Phi) is 5.65. The summed E-state index contributed by atoms with van der Waals surface area (Å²) in [4.78, 5) is 21.6. The van der Waals surface area contributed by atoms with Gasteiger partial charge >= 0.3 is 0 Å². The highest BCUT2D eigenvalue weighted by Crippen LogP contribution is 2.36. The molecule has 0 unspecified atom stereocenters. The highest BCUT2D eigenvalue weighted by atomic mass is 32.2. The molecular weight excluding hydrogens is 357 g/mol. The molecule has 0 aliphatic carbocycles. The fourth-order valence-electron chi connectivity index (χ4n) is 2.24. The minimum Gasteiger partial charge on any atom is -0.353 e. The normalized spacial score (nSPS) is 12.3. The Morgan fingerprint density at radius 2 is 2.08 bits per heavy atom. The standard InChI is InChI=1S/C18H18FN3OS2/c1-3-11(2)22-16(23)9-24-18-17-14(20-10-21-18)8-15(25-17)12-4-6-13(19)7-5-12/h4-8,10-11H,3,9H2,1-2H3,(H,22,23)/t11-/m1/s1. The number of hydrogen-bond donors (Lipinski definition) is 1.